The van der Waals surface area contributed by atoms with Crippen LogP contribution in [0.25, 0.3) is 5.82 Å². The molecule has 3 aromatic heterocycles. The summed E-state index contributed by atoms with van der Waals surface area (Å²) in [6, 6.07) is 7.02. The van der Waals surface area contributed by atoms with Gasteiger partial charge in [0.05, 0.1) is 6.33 Å². The molecular weight excluding hydrogens is 360 g/mol. The maximum atomic E-state index is 12.5. The summed E-state index contributed by atoms with van der Waals surface area (Å²) in [6.07, 6.45) is 4.91. The Morgan fingerprint density at radius 3 is 2.50 bits per heavy atom. The number of carbonyl (C=O) groups is 1. The van der Waals surface area contributed by atoms with Crippen LogP contribution in [-0.4, -0.2) is 66.5 Å². The summed E-state index contributed by atoms with van der Waals surface area (Å²) in [5.41, 5.74) is 0.425. The van der Waals surface area contributed by atoms with Gasteiger partial charge in [0, 0.05) is 50.3 Å². The quantitative estimate of drug-likeness (QED) is 0.622. The SMILES string of the molecule is Cc1cc(=O)n(CC(=O)N2CCN(c3ccc(-n4cccn4)nn3)CC2)cn1. The Bertz CT molecular complexity index is 1000. The summed E-state index contributed by atoms with van der Waals surface area (Å²) in [5.74, 6) is 1.33. The second-order valence-corrected chi connectivity index (χ2v) is 6.56. The van der Waals surface area contributed by atoms with E-state index in [1.165, 1.54) is 17.0 Å². The molecule has 0 N–H and O–H groups in total. The summed E-state index contributed by atoms with van der Waals surface area (Å²) >= 11 is 0. The van der Waals surface area contributed by atoms with Gasteiger partial charge in [0.15, 0.2) is 11.6 Å². The van der Waals surface area contributed by atoms with Crippen LogP contribution in [0.15, 0.2) is 47.8 Å². The molecule has 0 spiro atoms. The highest BCUT2D eigenvalue weighted by Gasteiger charge is 2.22. The lowest BCUT2D eigenvalue weighted by Crippen LogP contribution is -2.50. The zero-order chi connectivity index (χ0) is 19.5. The molecule has 0 aliphatic carbocycles. The minimum atomic E-state index is -0.216. The van der Waals surface area contributed by atoms with E-state index in [2.05, 4.69) is 25.2 Å². The zero-order valence-electron chi connectivity index (χ0n) is 15.5. The molecule has 0 radical (unpaired) electrons. The number of piperazine rings is 1. The number of hydrogen-bond donors (Lipinski definition) is 0. The third-order valence-electron chi connectivity index (χ3n) is 4.65. The normalized spacial score (nSPS) is 14.3. The Balaban J connectivity index is 1.35. The Labute approximate surface area is 161 Å². The number of amides is 1. The van der Waals surface area contributed by atoms with Gasteiger partial charge in [-0.2, -0.15) is 5.10 Å². The number of nitrogens with zero attached hydrogens (tertiary/aromatic N) is 8. The number of anilines is 1. The largest absolute Gasteiger partial charge is 0.352 e. The molecule has 1 aliphatic rings. The second kappa shape index (κ2) is 7.59. The molecule has 1 saturated heterocycles. The van der Waals surface area contributed by atoms with Gasteiger partial charge in [-0.05, 0) is 25.1 Å². The van der Waals surface area contributed by atoms with Crippen molar-refractivity contribution in [2.75, 3.05) is 31.1 Å². The molecule has 1 aliphatic heterocycles. The number of hydrogen-bond acceptors (Lipinski definition) is 7. The number of aryl methyl sites for hydroxylation is 1. The molecule has 0 bridgehead atoms. The number of rotatable bonds is 4. The van der Waals surface area contributed by atoms with Crippen molar-refractivity contribution in [3.05, 3.63) is 59.0 Å². The fourth-order valence-electron chi connectivity index (χ4n) is 3.08. The lowest BCUT2D eigenvalue weighted by atomic mass is 10.3. The van der Waals surface area contributed by atoms with E-state index in [4.69, 9.17) is 0 Å². The maximum absolute atomic E-state index is 12.5. The molecular formula is C18H20N8O2. The van der Waals surface area contributed by atoms with E-state index in [0.29, 0.717) is 37.7 Å². The lowest BCUT2D eigenvalue weighted by Gasteiger charge is -2.35. The predicted molar refractivity (Wildman–Crippen MR) is 101 cm³/mol. The first-order chi connectivity index (χ1) is 13.6. The Kier molecular flexibility index (Phi) is 4.83. The van der Waals surface area contributed by atoms with Gasteiger partial charge >= 0.3 is 0 Å². The van der Waals surface area contributed by atoms with Crippen molar-refractivity contribution < 1.29 is 4.79 Å². The fraction of sp³-hybridized carbons (Fsp3) is 0.333. The van der Waals surface area contributed by atoms with E-state index >= 15 is 0 Å². The van der Waals surface area contributed by atoms with Crippen molar-refractivity contribution in [1.29, 1.82) is 0 Å². The van der Waals surface area contributed by atoms with Crippen molar-refractivity contribution in [3.8, 4) is 5.82 Å². The number of aromatic nitrogens is 6. The molecule has 28 heavy (non-hydrogen) atoms. The molecule has 1 fully saturated rings. The van der Waals surface area contributed by atoms with Crippen LogP contribution < -0.4 is 10.5 Å². The van der Waals surface area contributed by atoms with Gasteiger partial charge in [0.1, 0.15) is 6.54 Å². The molecule has 0 unspecified atom stereocenters. The van der Waals surface area contributed by atoms with E-state index in [9.17, 15) is 9.59 Å². The molecule has 0 saturated carbocycles. The standard InChI is InChI=1S/C18H20N8O2/c1-14-11-17(27)25(13-19-14)12-18(28)24-9-7-23(8-10-24)15-3-4-16(22-21-15)26-6-2-5-20-26/h2-6,11,13H,7-10,12H2,1H3. The molecule has 1 amide bonds. The smallest absolute Gasteiger partial charge is 0.253 e. The van der Waals surface area contributed by atoms with Crippen LogP contribution in [-0.2, 0) is 11.3 Å². The topological polar surface area (TPSA) is 102 Å². The molecule has 3 aromatic rings. The molecule has 4 heterocycles. The summed E-state index contributed by atoms with van der Waals surface area (Å²) in [4.78, 5) is 32.4. The highest BCUT2D eigenvalue weighted by atomic mass is 16.2. The predicted octanol–water partition coefficient (Wildman–Crippen LogP) is -0.124. The summed E-state index contributed by atoms with van der Waals surface area (Å²) in [7, 11) is 0. The zero-order valence-corrected chi connectivity index (χ0v) is 15.5. The first-order valence-electron chi connectivity index (χ1n) is 9.00. The molecule has 10 heteroatoms. The van der Waals surface area contributed by atoms with E-state index in [1.807, 2.05) is 24.4 Å². The van der Waals surface area contributed by atoms with Crippen LogP contribution in [0.1, 0.15) is 5.69 Å². The summed E-state index contributed by atoms with van der Waals surface area (Å²) in [6.45, 7) is 4.19. The Morgan fingerprint density at radius 2 is 1.86 bits per heavy atom. The first kappa shape index (κ1) is 17.8. The van der Waals surface area contributed by atoms with Gasteiger partial charge in [-0.3, -0.25) is 14.2 Å². The van der Waals surface area contributed by atoms with Gasteiger partial charge in [-0.15, -0.1) is 10.2 Å². The maximum Gasteiger partial charge on any atom is 0.253 e. The van der Waals surface area contributed by atoms with Crippen LogP contribution in [0, 0.1) is 6.92 Å². The average Bonchev–Trinajstić information content (AvgIpc) is 3.25. The average molecular weight is 380 g/mol. The Hall–Kier alpha value is -3.56. The van der Waals surface area contributed by atoms with E-state index in [1.54, 1.807) is 22.7 Å². The highest BCUT2D eigenvalue weighted by molar-refractivity contribution is 5.76. The van der Waals surface area contributed by atoms with Gasteiger partial charge < -0.3 is 9.80 Å². The van der Waals surface area contributed by atoms with Crippen molar-refractivity contribution in [2.45, 2.75) is 13.5 Å². The Morgan fingerprint density at radius 1 is 1.11 bits per heavy atom. The van der Waals surface area contributed by atoms with Crippen molar-refractivity contribution in [3.63, 3.8) is 0 Å². The van der Waals surface area contributed by atoms with Gasteiger partial charge in [-0.1, -0.05) is 0 Å². The van der Waals surface area contributed by atoms with Crippen molar-refractivity contribution >= 4 is 11.7 Å². The van der Waals surface area contributed by atoms with Crippen LogP contribution >= 0.6 is 0 Å². The van der Waals surface area contributed by atoms with Gasteiger partial charge in [0.25, 0.3) is 5.56 Å². The molecule has 0 aromatic carbocycles. The second-order valence-electron chi connectivity index (χ2n) is 6.56. The lowest BCUT2D eigenvalue weighted by molar-refractivity contribution is -0.132. The van der Waals surface area contributed by atoms with Crippen LogP contribution in [0.4, 0.5) is 5.82 Å². The number of carbonyl (C=O) groups excluding carboxylic acids is 1. The van der Waals surface area contributed by atoms with Crippen molar-refractivity contribution in [1.82, 2.24) is 34.4 Å². The molecule has 10 nitrogen and oxygen atoms in total. The molecule has 144 valence electrons. The monoisotopic (exact) mass is 380 g/mol. The third-order valence-corrected chi connectivity index (χ3v) is 4.65. The van der Waals surface area contributed by atoms with Crippen LogP contribution in [0.3, 0.4) is 0 Å². The molecule has 0 atom stereocenters. The van der Waals surface area contributed by atoms with Crippen LogP contribution in [0.2, 0.25) is 0 Å². The molecule has 4 rings (SSSR count). The van der Waals surface area contributed by atoms with E-state index in [0.717, 1.165) is 5.82 Å². The minimum absolute atomic E-state index is 0.00445. The fourth-order valence-corrected chi connectivity index (χ4v) is 3.08. The van der Waals surface area contributed by atoms with E-state index in [-0.39, 0.29) is 18.0 Å². The third kappa shape index (κ3) is 3.75. The van der Waals surface area contributed by atoms with Gasteiger partial charge in [-0.25, -0.2) is 9.67 Å². The van der Waals surface area contributed by atoms with Crippen molar-refractivity contribution in [2.24, 2.45) is 0 Å². The summed E-state index contributed by atoms with van der Waals surface area (Å²) < 4.78 is 2.98. The summed E-state index contributed by atoms with van der Waals surface area (Å²) in [5, 5.41) is 12.6. The first-order valence-corrected chi connectivity index (χ1v) is 9.00. The van der Waals surface area contributed by atoms with Crippen LogP contribution in [0.5, 0.6) is 0 Å². The minimum Gasteiger partial charge on any atom is -0.352 e. The van der Waals surface area contributed by atoms with E-state index < -0.39 is 0 Å². The van der Waals surface area contributed by atoms with Gasteiger partial charge in [0.2, 0.25) is 5.91 Å². The highest BCUT2D eigenvalue weighted by Crippen LogP contribution is 2.14.